The maximum absolute atomic E-state index is 11.0. The Morgan fingerprint density at radius 3 is 2.72 bits per heavy atom. The number of carbonyl (C=O) groups excluding carboxylic acids is 1. The van der Waals surface area contributed by atoms with Crippen LogP contribution >= 0.6 is 0 Å². The third kappa shape index (κ3) is 2.18. The van der Waals surface area contributed by atoms with Crippen molar-refractivity contribution in [3.05, 3.63) is 40.7 Å². The van der Waals surface area contributed by atoms with Crippen molar-refractivity contribution in [2.75, 3.05) is 0 Å². The molecule has 0 aliphatic heterocycles. The third-order valence-corrected chi connectivity index (χ3v) is 2.97. The van der Waals surface area contributed by atoms with Crippen LogP contribution in [0.2, 0.25) is 0 Å². The largest absolute Gasteiger partial charge is 0.296 e. The fourth-order valence-corrected chi connectivity index (χ4v) is 2.11. The van der Waals surface area contributed by atoms with Gasteiger partial charge in [-0.25, -0.2) is 4.68 Å². The molecule has 4 heteroatoms. The van der Waals surface area contributed by atoms with Crippen LogP contribution in [0.3, 0.4) is 0 Å². The Bertz CT molecular complexity index is 572. The highest BCUT2D eigenvalue weighted by Crippen LogP contribution is 2.18. The predicted octanol–water partition coefficient (Wildman–Crippen LogP) is 2.65. The molecule has 0 saturated carbocycles. The van der Waals surface area contributed by atoms with E-state index in [-0.39, 0.29) is 0 Å². The summed E-state index contributed by atoms with van der Waals surface area (Å²) in [5, 5.41) is 8.04. The van der Waals surface area contributed by atoms with Crippen LogP contribution in [0.5, 0.6) is 0 Å². The van der Waals surface area contributed by atoms with E-state index in [9.17, 15) is 4.79 Å². The van der Waals surface area contributed by atoms with Gasteiger partial charge in [-0.2, -0.15) is 0 Å². The third-order valence-electron chi connectivity index (χ3n) is 2.97. The average Bonchev–Trinajstić information content (AvgIpc) is 2.73. The SMILES string of the molecule is CCCc1c(C=O)nnn1-c1ccc(C)cc1C. The summed E-state index contributed by atoms with van der Waals surface area (Å²) in [6, 6.07) is 6.17. The second kappa shape index (κ2) is 5.12. The van der Waals surface area contributed by atoms with Crippen LogP contribution < -0.4 is 0 Å². The molecule has 0 saturated heterocycles. The van der Waals surface area contributed by atoms with Crippen molar-refractivity contribution in [2.24, 2.45) is 0 Å². The first kappa shape index (κ1) is 12.5. The summed E-state index contributed by atoms with van der Waals surface area (Å²) in [6.07, 6.45) is 2.53. The monoisotopic (exact) mass is 243 g/mol. The molecular weight excluding hydrogens is 226 g/mol. The minimum absolute atomic E-state index is 0.442. The topological polar surface area (TPSA) is 47.8 Å². The molecule has 0 fully saturated rings. The van der Waals surface area contributed by atoms with Gasteiger partial charge in [-0.3, -0.25) is 4.79 Å². The van der Waals surface area contributed by atoms with E-state index in [0.29, 0.717) is 5.69 Å². The molecule has 0 aliphatic rings. The summed E-state index contributed by atoms with van der Waals surface area (Å²) >= 11 is 0. The van der Waals surface area contributed by atoms with Crippen LogP contribution in [-0.4, -0.2) is 21.3 Å². The van der Waals surface area contributed by atoms with Crippen molar-refractivity contribution < 1.29 is 4.79 Å². The molecule has 0 bridgehead atoms. The van der Waals surface area contributed by atoms with E-state index < -0.39 is 0 Å². The molecule has 0 spiro atoms. The Kier molecular flexibility index (Phi) is 3.55. The van der Waals surface area contributed by atoms with Gasteiger partial charge < -0.3 is 0 Å². The first-order chi connectivity index (χ1) is 8.67. The molecule has 4 nitrogen and oxygen atoms in total. The molecule has 2 aromatic rings. The van der Waals surface area contributed by atoms with Gasteiger partial charge in [0.1, 0.15) is 5.69 Å². The molecule has 1 heterocycles. The van der Waals surface area contributed by atoms with Gasteiger partial charge in [-0.15, -0.1) is 5.10 Å². The molecule has 0 atom stereocenters. The van der Waals surface area contributed by atoms with Gasteiger partial charge in [0.05, 0.1) is 11.4 Å². The average molecular weight is 243 g/mol. The van der Waals surface area contributed by atoms with E-state index in [1.807, 2.05) is 19.1 Å². The van der Waals surface area contributed by atoms with Gasteiger partial charge in [0.2, 0.25) is 0 Å². The number of hydrogen-bond acceptors (Lipinski definition) is 3. The van der Waals surface area contributed by atoms with Gasteiger partial charge in [-0.1, -0.05) is 36.3 Å². The number of aldehydes is 1. The van der Waals surface area contributed by atoms with Crippen LogP contribution in [-0.2, 0) is 6.42 Å². The number of aromatic nitrogens is 3. The zero-order valence-corrected chi connectivity index (χ0v) is 11.0. The first-order valence-corrected chi connectivity index (χ1v) is 6.14. The van der Waals surface area contributed by atoms with Gasteiger partial charge in [0, 0.05) is 0 Å². The maximum Gasteiger partial charge on any atom is 0.172 e. The zero-order chi connectivity index (χ0) is 13.1. The smallest absolute Gasteiger partial charge is 0.172 e. The Balaban J connectivity index is 2.56. The van der Waals surface area contributed by atoms with E-state index in [0.717, 1.165) is 36.1 Å². The van der Waals surface area contributed by atoms with Crippen LogP contribution in [0.15, 0.2) is 18.2 Å². The highest BCUT2D eigenvalue weighted by molar-refractivity contribution is 5.73. The number of hydrogen-bond donors (Lipinski definition) is 0. The Morgan fingerprint density at radius 1 is 1.33 bits per heavy atom. The predicted molar refractivity (Wildman–Crippen MR) is 70.2 cm³/mol. The summed E-state index contributed by atoms with van der Waals surface area (Å²) < 4.78 is 1.78. The second-order valence-corrected chi connectivity index (χ2v) is 4.49. The van der Waals surface area contributed by atoms with Crippen molar-refractivity contribution in [2.45, 2.75) is 33.6 Å². The molecule has 0 radical (unpaired) electrons. The molecule has 18 heavy (non-hydrogen) atoms. The molecule has 1 aromatic carbocycles. The Labute approximate surface area is 107 Å². The molecule has 0 amide bonds. The van der Waals surface area contributed by atoms with E-state index in [1.54, 1.807) is 4.68 Å². The van der Waals surface area contributed by atoms with Crippen molar-refractivity contribution in [1.82, 2.24) is 15.0 Å². The second-order valence-electron chi connectivity index (χ2n) is 4.49. The van der Waals surface area contributed by atoms with E-state index in [1.165, 1.54) is 5.56 Å². The minimum atomic E-state index is 0.442. The standard InChI is InChI=1S/C14H17N3O/c1-4-5-14-12(9-18)15-16-17(14)13-7-6-10(2)8-11(13)3/h6-9H,4-5H2,1-3H3. The molecule has 0 aliphatic carbocycles. The molecule has 0 N–H and O–H groups in total. The first-order valence-electron chi connectivity index (χ1n) is 6.14. The highest BCUT2D eigenvalue weighted by Gasteiger charge is 2.14. The van der Waals surface area contributed by atoms with Crippen molar-refractivity contribution in [1.29, 1.82) is 0 Å². The fraction of sp³-hybridized carbons (Fsp3) is 0.357. The van der Waals surface area contributed by atoms with E-state index in [2.05, 4.69) is 30.2 Å². The number of carbonyl (C=O) groups is 1. The van der Waals surface area contributed by atoms with Crippen molar-refractivity contribution >= 4 is 6.29 Å². The number of nitrogens with zero attached hydrogens (tertiary/aromatic N) is 3. The summed E-state index contributed by atoms with van der Waals surface area (Å²) in [5.74, 6) is 0. The molecular formula is C14H17N3O. The number of rotatable bonds is 4. The fourth-order valence-electron chi connectivity index (χ4n) is 2.11. The van der Waals surface area contributed by atoms with Gasteiger partial charge in [0.15, 0.2) is 6.29 Å². The number of aryl methyl sites for hydroxylation is 2. The minimum Gasteiger partial charge on any atom is -0.296 e. The molecule has 0 unspecified atom stereocenters. The summed E-state index contributed by atoms with van der Waals surface area (Å²) in [5.41, 5.74) is 4.67. The summed E-state index contributed by atoms with van der Waals surface area (Å²) in [7, 11) is 0. The lowest BCUT2D eigenvalue weighted by Gasteiger charge is -2.09. The highest BCUT2D eigenvalue weighted by atomic mass is 16.1. The van der Waals surface area contributed by atoms with Gasteiger partial charge in [-0.05, 0) is 31.9 Å². The molecule has 94 valence electrons. The lowest BCUT2D eigenvalue weighted by Crippen LogP contribution is -2.05. The summed E-state index contributed by atoms with van der Waals surface area (Å²) in [6.45, 7) is 6.18. The Morgan fingerprint density at radius 2 is 2.11 bits per heavy atom. The molecule has 2 rings (SSSR count). The lowest BCUT2D eigenvalue weighted by atomic mass is 10.1. The van der Waals surface area contributed by atoms with Gasteiger partial charge >= 0.3 is 0 Å². The Hall–Kier alpha value is -1.97. The van der Waals surface area contributed by atoms with E-state index >= 15 is 0 Å². The van der Waals surface area contributed by atoms with Gasteiger partial charge in [0.25, 0.3) is 0 Å². The van der Waals surface area contributed by atoms with E-state index in [4.69, 9.17) is 0 Å². The maximum atomic E-state index is 11.0. The van der Waals surface area contributed by atoms with Crippen LogP contribution in [0.4, 0.5) is 0 Å². The van der Waals surface area contributed by atoms with Crippen molar-refractivity contribution in [3.8, 4) is 5.69 Å². The number of benzene rings is 1. The summed E-state index contributed by atoms with van der Waals surface area (Å²) in [4.78, 5) is 11.0. The van der Waals surface area contributed by atoms with Crippen LogP contribution in [0.25, 0.3) is 5.69 Å². The molecule has 1 aromatic heterocycles. The normalized spacial score (nSPS) is 10.6. The zero-order valence-electron chi connectivity index (χ0n) is 11.0. The van der Waals surface area contributed by atoms with Crippen LogP contribution in [0.1, 0.15) is 40.7 Å². The quantitative estimate of drug-likeness (QED) is 0.776. The lowest BCUT2D eigenvalue weighted by molar-refractivity contribution is 0.111. The van der Waals surface area contributed by atoms with Crippen LogP contribution in [0, 0.1) is 13.8 Å². The van der Waals surface area contributed by atoms with Crippen molar-refractivity contribution in [3.63, 3.8) is 0 Å².